The number of anilines is 2. The second kappa shape index (κ2) is 8.91. The summed E-state index contributed by atoms with van der Waals surface area (Å²) in [7, 11) is -3.79. The fraction of sp³-hybridized carbons (Fsp3) is 0.316. The van der Waals surface area contributed by atoms with Crippen LogP contribution in [0, 0.1) is 17.0 Å². The van der Waals surface area contributed by atoms with E-state index >= 15 is 0 Å². The van der Waals surface area contributed by atoms with Gasteiger partial charge in [-0.15, -0.1) is 0 Å². The van der Waals surface area contributed by atoms with E-state index in [9.17, 15) is 23.3 Å². The van der Waals surface area contributed by atoms with Crippen LogP contribution in [0.5, 0.6) is 5.75 Å². The molecule has 0 aliphatic rings. The molecule has 0 aliphatic carbocycles. The summed E-state index contributed by atoms with van der Waals surface area (Å²) in [5.74, 6) is -0.0399. The highest BCUT2D eigenvalue weighted by molar-refractivity contribution is 7.92. The summed E-state index contributed by atoms with van der Waals surface area (Å²) >= 11 is 0. The van der Waals surface area contributed by atoms with E-state index < -0.39 is 26.9 Å². The van der Waals surface area contributed by atoms with E-state index in [1.54, 1.807) is 24.3 Å². The smallest absolute Gasteiger partial charge is 0.274 e. The van der Waals surface area contributed by atoms with Crippen LogP contribution >= 0.6 is 0 Å². The third-order valence-electron chi connectivity index (χ3n) is 4.25. The molecular formula is C19H23N3O6S. The van der Waals surface area contributed by atoms with Gasteiger partial charge in [0.1, 0.15) is 11.8 Å². The summed E-state index contributed by atoms with van der Waals surface area (Å²) in [5, 5.41) is 13.7. The van der Waals surface area contributed by atoms with Gasteiger partial charge in [0.05, 0.1) is 34.7 Å². The van der Waals surface area contributed by atoms with Gasteiger partial charge in [-0.3, -0.25) is 19.2 Å². The van der Waals surface area contributed by atoms with Gasteiger partial charge in [0.25, 0.3) is 5.69 Å². The molecule has 156 valence electrons. The first-order chi connectivity index (χ1) is 13.6. The minimum absolute atomic E-state index is 0.137. The first kappa shape index (κ1) is 22.2. The maximum atomic E-state index is 12.8. The Kier molecular flexibility index (Phi) is 6.80. The minimum atomic E-state index is -3.79. The first-order valence-corrected chi connectivity index (χ1v) is 10.7. The summed E-state index contributed by atoms with van der Waals surface area (Å²) < 4.78 is 31.1. The molecule has 1 amide bonds. The van der Waals surface area contributed by atoms with E-state index in [-0.39, 0.29) is 16.9 Å². The monoisotopic (exact) mass is 421 g/mol. The van der Waals surface area contributed by atoms with E-state index in [1.807, 2.05) is 6.92 Å². The van der Waals surface area contributed by atoms with Gasteiger partial charge < -0.3 is 10.1 Å². The number of nitro groups is 1. The Morgan fingerprint density at radius 2 is 1.86 bits per heavy atom. The van der Waals surface area contributed by atoms with Crippen molar-refractivity contribution in [3.63, 3.8) is 0 Å². The molecule has 2 aromatic carbocycles. The molecule has 0 unspecified atom stereocenters. The molecule has 2 rings (SSSR count). The zero-order valence-electron chi connectivity index (χ0n) is 16.6. The van der Waals surface area contributed by atoms with Crippen molar-refractivity contribution in [3.05, 3.63) is 58.1 Å². The van der Waals surface area contributed by atoms with Crippen LogP contribution in [0.15, 0.2) is 42.5 Å². The van der Waals surface area contributed by atoms with Crippen molar-refractivity contribution < 1.29 is 22.9 Å². The van der Waals surface area contributed by atoms with Gasteiger partial charge in [-0.2, -0.15) is 0 Å². The minimum Gasteiger partial charge on any atom is -0.494 e. The van der Waals surface area contributed by atoms with Crippen LogP contribution in [-0.4, -0.2) is 38.2 Å². The lowest BCUT2D eigenvalue weighted by Crippen LogP contribution is -2.45. The van der Waals surface area contributed by atoms with Gasteiger partial charge in [-0.1, -0.05) is 6.07 Å². The van der Waals surface area contributed by atoms with Gasteiger partial charge in [-0.05, 0) is 51.1 Å². The summed E-state index contributed by atoms with van der Waals surface area (Å²) in [6.07, 6.45) is 1.01. The molecule has 0 bridgehead atoms. The van der Waals surface area contributed by atoms with Crippen molar-refractivity contribution in [2.75, 3.05) is 22.5 Å². The van der Waals surface area contributed by atoms with E-state index in [0.29, 0.717) is 18.0 Å². The Morgan fingerprint density at radius 1 is 1.24 bits per heavy atom. The maximum Gasteiger partial charge on any atom is 0.274 e. The van der Waals surface area contributed by atoms with Crippen LogP contribution in [0.4, 0.5) is 17.1 Å². The van der Waals surface area contributed by atoms with Gasteiger partial charge in [0.15, 0.2) is 0 Å². The lowest BCUT2D eigenvalue weighted by atomic mass is 10.1. The van der Waals surface area contributed by atoms with E-state index in [1.165, 1.54) is 32.0 Å². The topological polar surface area (TPSA) is 119 Å². The number of carbonyl (C=O) groups is 1. The lowest BCUT2D eigenvalue weighted by Gasteiger charge is -2.28. The SMILES string of the molecule is CCOc1ccc(N([C@@H](C)C(=O)Nc2cccc([N+](=O)[O-])c2C)S(C)(=O)=O)cc1. The Balaban J connectivity index is 2.32. The number of ether oxygens (including phenoxy) is 1. The van der Waals surface area contributed by atoms with E-state index in [0.717, 1.165) is 10.6 Å². The number of hydrogen-bond donors (Lipinski definition) is 1. The standard InChI is InChI=1S/C19H23N3O6S/c1-5-28-16-11-9-15(10-12-16)21(29(4,26)27)14(3)19(23)20-17-7-6-8-18(13(17)2)22(24)25/h6-12,14H,5H2,1-4H3,(H,20,23)/t14-/m0/s1. The highest BCUT2D eigenvalue weighted by Gasteiger charge is 2.30. The van der Waals surface area contributed by atoms with Crippen LogP contribution in [-0.2, 0) is 14.8 Å². The first-order valence-electron chi connectivity index (χ1n) is 8.83. The van der Waals surface area contributed by atoms with Crippen molar-refractivity contribution in [3.8, 4) is 5.75 Å². The molecule has 0 spiro atoms. The molecule has 0 saturated heterocycles. The summed E-state index contributed by atoms with van der Waals surface area (Å²) in [6, 6.07) is 9.54. The van der Waals surface area contributed by atoms with Gasteiger partial charge >= 0.3 is 0 Å². The number of nitrogens with zero attached hydrogens (tertiary/aromatic N) is 2. The zero-order chi connectivity index (χ0) is 21.8. The maximum absolute atomic E-state index is 12.8. The molecule has 1 N–H and O–H groups in total. The van der Waals surface area contributed by atoms with Gasteiger partial charge in [-0.25, -0.2) is 8.42 Å². The highest BCUT2D eigenvalue weighted by Crippen LogP contribution is 2.27. The third-order valence-corrected chi connectivity index (χ3v) is 5.49. The van der Waals surface area contributed by atoms with Crippen molar-refractivity contribution in [1.82, 2.24) is 0 Å². The second-order valence-corrected chi connectivity index (χ2v) is 8.22. The summed E-state index contributed by atoms with van der Waals surface area (Å²) in [6.45, 7) is 5.26. The molecule has 0 radical (unpaired) electrons. The van der Waals surface area contributed by atoms with Crippen molar-refractivity contribution in [2.24, 2.45) is 0 Å². The molecular weight excluding hydrogens is 398 g/mol. The molecule has 0 heterocycles. The number of carbonyl (C=O) groups excluding carboxylic acids is 1. The number of nitrogens with one attached hydrogen (secondary N) is 1. The molecule has 0 aromatic heterocycles. The molecule has 1 atom stereocenters. The molecule has 9 nitrogen and oxygen atoms in total. The number of sulfonamides is 1. The number of nitro benzene ring substituents is 1. The number of hydrogen-bond acceptors (Lipinski definition) is 6. The van der Waals surface area contributed by atoms with E-state index in [4.69, 9.17) is 4.74 Å². The highest BCUT2D eigenvalue weighted by atomic mass is 32.2. The fourth-order valence-electron chi connectivity index (χ4n) is 2.86. The normalized spacial score (nSPS) is 12.1. The molecule has 0 fully saturated rings. The molecule has 29 heavy (non-hydrogen) atoms. The summed E-state index contributed by atoms with van der Waals surface area (Å²) in [4.78, 5) is 23.3. The second-order valence-electron chi connectivity index (χ2n) is 6.36. The van der Waals surface area contributed by atoms with Crippen molar-refractivity contribution in [2.45, 2.75) is 26.8 Å². The zero-order valence-corrected chi connectivity index (χ0v) is 17.4. The van der Waals surface area contributed by atoms with E-state index in [2.05, 4.69) is 5.32 Å². The van der Waals surface area contributed by atoms with Crippen LogP contribution in [0.1, 0.15) is 19.4 Å². The number of amides is 1. The predicted octanol–water partition coefficient (Wildman–Crippen LogP) is 3.10. The predicted molar refractivity (Wildman–Crippen MR) is 111 cm³/mol. The number of rotatable bonds is 8. The molecule has 0 aliphatic heterocycles. The van der Waals surface area contributed by atoms with Crippen molar-refractivity contribution in [1.29, 1.82) is 0 Å². The van der Waals surface area contributed by atoms with Crippen LogP contribution in [0.25, 0.3) is 0 Å². The van der Waals surface area contributed by atoms with Gasteiger partial charge in [0.2, 0.25) is 15.9 Å². The Bertz CT molecular complexity index is 1010. The Morgan fingerprint density at radius 3 is 2.38 bits per heavy atom. The fourth-order valence-corrected chi connectivity index (χ4v) is 4.03. The van der Waals surface area contributed by atoms with Crippen LogP contribution < -0.4 is 14.4 Å². The molecule has 0 saturated carbocycles. The third kappa shape index (κ3) is 5.23. The largest absolute Gasteiger partial charge is 0.494 e. The van der Waals surface area contributed by atoms with Crippen LogP contribution in [0.3, 0.4) is 0 Å². The van der Waals surface area contributed by atoms with Gasteiger partial charge in [0, 0.05) is 6.07 Å². The lowest BCUT2D eigenvalue weighted by molar-refractivity contribution is -0.385. The molecule has 10 heteroatoms. The number of benzene rings is 2. The quantitative estimate of drug-likeness (QED) is 0.517. The average Bonchev–Trinajstić information content (AvgIpc) is 2.63. The molecule has 2 aromatic rings. The Hall–Kier alpha value is -3.14. The van der Waals surface area contributed by atoms with Crippen LogP contribution in [0.2, 0.25) is 0 Å². The average molecular weight is 421 g/mol. The Labute approximate surface area is 169 Å². The summed E-state index contributed by atoms with van der Waals surface area (Å²) in [5.41, 5.74) is 0.692. The van der Waals surface area contributed by atoms with Crippen molar-refractivity contribution >= 4 is 33.0 Å².